The number of nitrogens with zero attached hydrogens (tertiary/aromatic N) is 1. The molecule has 1 N–H and O–H groups in total. The predicted molar refractivity (Wildman–Crippen MR) is 93.9 cm³/mol. The van der Waals surface area contributed by atoms with Crippen molar-refractivity contribution in [3.8, 4) is 34.2 Å². The summed E-state index contributed by atoms with van der Waals surface area (Å²) in [7, 11) is 1.60. The number of nitriles is 1. The third-order valence-corrected chi connectivity index (χ3v) is 3.91. The summed E-state index contributed by atoms with van der Waals surface area (Å²) >= 11 is 0. The molecule has 118 valence electrons. The fraction of sp³-hybridized carbons (Fsp3) is 0.100. The van der Waals surface area contributed by atoms with Crippen molar-refractivity contribution in [2.24, 2.45) is 0 Å². The zero-order chi connectivity index (χ0) is 17.1. The van der Waals surface area contributed by atoms with Crippen molar-refractivity contribution in [3.05, 3.63) is 76.1 Å². The number of aromatic nitrogens is 1. The Morgan fingerprint density at radius 3 is 2.21 bits per heavy atom. The second-order valence-electron chi connectivity index (χ2n) is 5.51. The fourth-order valence-corrected chi connectivity index (χ4v) is 2.56. The monoisotopic (exact) mass is 316 g/mol. The molecule has 1 aromatic heterocycles. The van der Waals surface area contributed by atoms with Gasteiger partial charge in [-0.25, -0.2) is 0 Å². The summed E-state index contributed by atoms with van der Waals surface area (Å²) in [5.41, 5.74) is 3.86. The van der Waals surface area contributed by atoms with Crippen LogP contribution in [0.15, 0.2) is 59.4 Å². The Balaban J connectivity index is 2.18. The Bertz CT molecular complexity index is 963. The molecule has 24 heavy (non-hydrogen) atoms. The Morgan fingerprint density at radius 2 is 1.62 bits per heavy atom. The van der Waals surface area contributed by atoms with Crippen LogP contribution in [0.4, 0.5) is 0 Å². The number of hydrogen-bond donors (Lipinski definition) is 1. The highest BCUT2D eigenvalue weighted by Gasteiger charge is 2.12. The summed E-state index contributed by atoms with van der Waals surface area (Å²) in [6.07, 6.45) is 0. The van der Waals surface area contributed by atoms with Gasteiger partial charge in [0, 0.05) is 11.3 Å². The van der Waals surface area contributed by atoms with Gasteiger partial charge >= 0.3 is 0 Å². The van der Waals surface area contributed by atoms with Crippen LogP contribution in [0.3, 0.4) is 0 Å². The van der Waals surface area contributed by atoms with E-state index in [0.29, 0.717) is 11.3 Å². The van der Waals surface area contributed by atoms with Crippen LogP contribution in [-0.2, 0) is 0 Å². The lowest BCUT2D eigenvalue weighted by molar-refractivity contribution is 0.415. The molecule has 0 spiro atoms. The second-order valence-corrected chi connectivity index (χ2v) is 5.51. The van der Waals surface area contributed by atoms with Gasteiger partial charge in [-0.05, 0) is 36.2 Å². The average molecular weight is 316 g/mol. The molecule has 0 amide bonds. The van der Waals surface area contributed by atoms with E-state index in [1.54, 1.807) is 7.11 Å². The molecule has 0 saturated heterocycles. The fourth-order valence-electron chi connectivity index (χ4n) is 2.56. The molecule has 0 aliphatic heterocycles. The van der Waals surface area contributed by atoms with E-state index in [0.717, 1.165) is 22.4 Å². The molecule has 0 aliphatic carbocycles. The van der Waals surface area contributed by atoms with Crippen LogP contribution in [0.25, 0.3) is 22.4 Å². The molecule has 3 aromatic rings. The third-order valence-electron chi connectivity index (χ3n) is 3.91. The number of methoxy groups -OCH3 is 1. The average Bonchev–Trinajstić information content (AvgIpc) is 2.61. The molecule has 4 heteroatoms. The molecule has 0 unspecified atom stereocenters. The van der Waals surface area contributed by atoms with Crippen LogP contribution in [0, 0.1) is 18.3 Å². The van der Waals surface area contributed by atoms with E-state index < -0.39 is 0 Å². The minimum Gasteiger partial charge on any atom is -0.497 e. The smallest absolute Gasteiger partial charge is 0.266 e. The number of H-pyrrole nitrogens is 1. The van der Waals surface area contributed by atoms with Gasteiger partial charge in [-0.15, -0.1) is 0 Å². The standard InChI is InChI=1S/C20H16N2O2/c1-13-3-5-15(6-4-13)19-11-17(18(12-21)20(23)22-19)14-7-9-16(24-2)10-8-14/h3-11H,1-2H3,(H,22,23). The van der Waals surface area contributed by atoms with Gasteiger partial charge in [0.1, 0.15) is 17.4 Å². The van der Waals surface area contributed by atoms with Gasteiger partial charge < -0.3 is 9.72 Å². The lowest BCUT2D eigenvalue weighted by Gasteiger charge is -2.09. The topological polar surface area (TPSA) is 65.9 Å². The highest BCUT2D eigenvalue weighted by Crippen LogP contribution is 2.27. The van der Waals surface area contributed by atoms with Crippen molar-refractivity contribution >= 4 is 0 Å². The largest absolute Gasteiger partial charge is 0.497 e. The maximum atomic E-state index is 12.3. The summed E-state index contributed by atoms with van der Waals surface area (Å²) in [5, 5.41) is 9.36. The maximum absolute atomic E-state index is 12.3. The van der Waals surface area contributed by atoms with E-state index in [9.17, 15) is 10.1 Å². The van der Waals surface area contributed by atoms with Crippen molar-refractivity contribution in [2.45, 2.75) is 6.92 Å². The van der Waals surface area contributed by atoms with Crippen LogP contribution < -0.4 is 10.3 Å². The highest BCUT2D eigenvalue weighted by atomic mass is 16.5. The number of aromatic amines is 1. The van der Waals surface area contributed by atoms with Crippen LogP contribution in [-0.4, -0.2) is 12.1 Å². The van der Waals surface area contributed by atoms with E-state index in [1.807, 2.05) is 67.6 Å². The molecular weight excluding hydrogens is 300 g/mol. The number of aryl methyl sites for hydroxylation is 1. The lowest BCUT2D eigenvalue weighted by atomic mass is 9.99. The molecule has 0 bridgehead atoms. The Kier molecular flexibility index (Phi) is 4.17. The molecule has 3 rings (SSSR count). The van der Waals surface area contributed by atoms with E-state index in [-0.39, 0.29) is 11.1 Å². The zero-order valence-electron chi connectivity index (χ0n) is 13.5. The van der Waals surface area contributed by atoms with Gasteiger partial charge in [-0.2, -0.15) is 5.26 Å². The highest BCUT2D eigenvalue weighted by molar-refractivity contribution is 5.75. The first-order valence-electron chi connectivity index (χ1n) is 7.51. The van der Waals surface area contributed by atoms with Crippen molar-refractivity contribution in [3.63, 3.8) is 0 Å². The van der Waals surface area contributed by atoms with Crippen molar-refractivity contribution in [2.75, 3.05) is 7.11 Å². The van der Waals surface area contributed by atoms with Crippen LogP contribution in [0.5, 0.6) is 5.75 Å². The van der Waals surface area contributed by atoms with Gasteiger partial charge in [0.25, 0.3) is 5.56 Å². The molecule has 0 aliphatic rings. The van der Waals surface area contributed by atoms with Crippen LogP contribution in [0.2, 0.25) is 0 Å². The third kappa shape index (κ3) is 2.92. The number of benzene rings is 2. The summed E-state index contributed by atoms with van der Waals surface area (Å²) in [6, 6.07) is 19.0. The molecule has 2 aromatic carbocycles. The Hall–Kier alpha value is -3.32. The number of pyridine rings is 1. The van der Waals surface area contributed by atoms with E-state index in [1.165, 1.54) is 0 Å². The van der Waals surface area contributed by atoms with E-state index in [2.05, 4.69) is 4.98 Å². The van der Waals surface area contributed by atoms with Crippen molar-refractivity contribution in [1.29, 1.82) is 5.26 Å². The number of hydrogen-bond acceptors (Lipinski definition) is 3. The Morgan fingerprint density at radius 1 is 1.00 bits per heavy atom. The lowest BCUT2D eigenvalue weighted by Crippen LogP contribution is -2.12. The number of ether oxygens (including phenoxy) is 1. The minimum absolute atomic E-state index is 0.107. The van der Waals surface area contributed by atoms with Crippen molar-refractivity contribution < 1.29 is 4.74 Å². The molecular formula is C20H16N2O2. The summed E-state index contributed by atoms with van der Waals surface area (Å²) < 4.78 is 5.16. The molecule has 1 heterocycles. The predicted octanol–water partition coefficient (Wildman–Crippen LogP) is 3.90. The van der Waals surface area contributed by atoms with Gasteiger partial charge in [0.05, 0.1) is 7.11 Å². The van der Waals surface area contributed by atoms with E-state index >= 15 is 0 Å². The van der Waals surface area contributed by atoms with E-state index in [4.69, 9.17) is 4.74 Å². The number of nitrogens with one attached hydrogen (secondary N) is 1. The molecule has 0 fully saturated rings. The van der Waals surface area contributed by atoms with Gasteiger partial charge in [0.15, 0.2) is 0 Å². The summed E-state index contributed by atoms with van der Waals surface area (Å²) in [6.45, 7) is 2.01. The second kappa shape index (κ2) is 6.43. The maximum Gasteiger partial charge on any atom is 0.266 e. The van der Waals surface area contributed by atoms with Gasteiger partial charge in [-0.1, -0.05) is 42.0 Å². The van der Waals surface area contributed by atoms with Gasteiger partial charge in [-0.3, -0.25) is 4.79 Å². The normalized spacial score (nSPS) is 10.2. The molecule has 0 radical (unpaired) electrons. The molecule has 4 nitrogen and oxygen atoms in total. The first-order valence-corrected chi connectivity index (χ1v) is 7.51. The molecule has 0 saturated carbocycles. The first kappa shape index (κ1) is 15.6. The van der Waals surface area contributed by atoms with Crippen molar-refractivity contribution in [1.82, 2.24) is 4.98 Å². The van der Waals surface area contributed by atoms with Gasteiger partial charge in [0.2, 0.25) is 0 Å². The Labute approximate surface area is 140 Å². The van der Waals surface area contributed by atoms with Crippen LogP contribution >= 0.6 is 0 Å². The quantitative estimate of drug-likeness (QED) is 0.797. The number of rotatable bonds is 3. The minimum atomic E-state index is -0.388. The zero-order valence-corrected chi connectivity index (χ0v) is 13.5. The molecule has 0 atom stereocenters. The summed E-state index contributed by atoms with van der Waals surface area (Å²) in [5.74, 6) is 0.723. The SMILES string of the molecule is COc1ccc(-c2cc(-c3ccc(C)cc3)[nH]c(=O)c2C#N)cc1. The first-order chi connectivity index (χ1) is 11.6. The summed E-state index contributed by atoms with van der Waals surface area (Å²) in [4.78, 5) is 15.1. The van der Waals surface area contributed by atoms with Crippen LogP contribution in [0.1, 0.15) is 11.1 Å².